The molecule has 0 bridgehead atoms. The van der Waals surface area contributed by atoms with Crippen molar-refractivity contribution < 1.29 is 4.52 Å². The zero-order valence-corrected chi connectivity index (χ0v) is 13.6. The van der Waals surface area contributed by atoms with Crippen LogP contribution >= 0.6 is 0 Å². The fraction of sp³-hybridized carbons (Fsp3) is 0.812. The number of rotatable bonds is 11. The number of unbranched alkanes of at least 4 members (excludes halogenated alkanes) is 2. The molecule has 1 rings (SSSR count). The second-order valence-electron chi connectivity index (χ2n) is 5.73. The molecule has 0 aromatic carbocycles. The van der Waals surface area contributed by atoms with E-state index in [0.717, 1.165) is 44.1 Å². The minimum atomic E-state index is 0.540. The normalized spacial score (nSPS) is 11.7. The van der Waals surface area contributed by atoms with E-state index in [1.807, 2.05) is 0 Å². The molecule has 4 nitrogen and oxygen atoms in total. The average Bonchev–Trinajstić information content (AvgIpc) is 2.86. The average molecular weight is 281 g/mol. The third-order valence-electron chi connectivity index (χ3n) is 3.48. The Balaban J connectivity index is 2.43. The standard InChI is InChI=1S/C16H31N3O/c1-5-7-8-10-19(14(3)4)13-16-11-15(18-20-16)12-17-9-6-2/h11,14,17H,5-10,12-13H2,1-4H3. The van der Waals surface area contributed by atoms with Gasteiger partial charge >= 0.3 is 0 Å². The first-order valence-electron chi connectivity index (χ1n) is 8.06. The molecule has 0 saturated heterocycles. The molecule has 0 radical (unpaired) electrons. The van der Waals surface area contributed by atoms with Crippen molar-refractivity contribution in [1.29, 1.82) is 0 Å². The van der Waals surface area contributed by atoms with E-state index in [4.69, 9.17) is 4.52 Å². The molecule has 1 aromatic heterocycles. The van der Waals surface area contributed by atoms with Gasteiger partial charge < -0.3 is 9.84 Å². The van der Waals surface area contributed by atoms with Crippen LogP contribution < -0.4 is 5.32 Å². The Morgan fingerprint density at radius 3 is 2.70 bits per heavy atom. The van der Waals surface area contributed by atoms with Gasteiger partial charge in [-0.1, -0.05) is 31.8 Å². The van der Waals surface area contributed by atoms with Crippen LogP contribution in [0.4, 0.5) is 0 Å². The van der Waals surface area contributed by atoms with Gasteiger partial charge in [-0.2, -0.15) is 0 Å². The van der Waals surface area contributed by atoms with Gasteiger partial charge in [0.05, 0.1) is 12.2 Å². The predicted molar refractivity (Wildman–Crippen MR) is 83.6 cm³/mol. The number of nitrogens with zero attached hydrogens (tertiary/aromatic N) is 2. The van der Waals surface area contributed by atoms with E-state index in [-0.39, 0.29) is 0 Å². The molecular formula is C16H31N3O. The molecule has 0 fully saturated rings. The van der Waals surface area contributed by atoms with Gasteiger partial charge in [0.1, 0.15) is 0 Å². The Labute approximate surface area is 123 Å². The van der Waals surface area contributed by atoms with Crippen LogP contribution in [0.3, 0.4) is 0 Å². The molecule has 0 unspecified atom stereocenters. The summed E-state index contributed by atoms with van der Waals surface area (Å²) in [4.78, 5) is 2.46. The van der Waals surface area contributed by atoms with Crippen molar-refractivity contribution in [2.75, 3.05) is 13.1 Å². The summed E-state index contributed by atoms with van der Waals surface area (Å²) < 4.78 is 5.45. The van der Waals surface area contributed by atoms with Crippen LogP contribution in [0.1, 0.15) is 64.8 Å². The molecule has 0 atom stereocenters. The third kappa shape index (κ3) is 6.53. The predicted octanol–water partition coefficient (Wildman–Crippen LogP) is 3.57. The summed E-state index contributed by atoms with van der Waals surface area (Å²) >= 11 is 0. The maximum Gasteiger partial charge on any atom is 0.151 e. The fourth-order valence-corrected chi connectivity index (χ4v) is 2.19. The topological polar surface area (TPSA) is 41.3 Å². The first-order chi connectivity index (χ1) is 9.67. The Hall–Kier alpha value is -0.870. The molecule has 0 aliphatic rings. The van der Waals surface area contributed by atoms with E-state index in [1.54, 1.807) is 0 Å². The molecule has 116 valence electrons. The summed E-state index contributed by atoms with van der Waals surface area (Å²) in [6, 6.07) is 2.62. The van der Waals surface area contributed by atoms with Crippen LogP contribution in [0.15, 0.2) is 10.6 Å². The van der Waals surface area contributed by atoms with Gasteiger partial charge in [-0.05, 0) is 39.8 Å². The number of hydrogen-bond acceptors (Lipinski definition) is 4. The first-order valence-corrected chi connectivity index (χ1v) is 8.06. The zero-order valence-electron chi connectivity index (χ0n) is 13.6. The van der Waals surface area contributed by atoms with Gasteiger partial charge in [-0.25, -0.2) is 0 Å². The van der Waals surface area contributed by atoms with Crippen molar-refractivity contribution in [2.24, 2.45) is 0 Å². The van der Waals surface area contributed by atoms with Crippen LogP contribution in [0.5, 0.6) is 0 Å². The molecule has 4 heteroatoms. The van der Waals surface area contributed by atoms with Crippen molar-refractivity contribution in [1.82, 2.24) is 15.4 Å². The van der Waals surface area contributed by atoms with Crippen molar-refractivity contribution in [3.8, 4) is 0 Å². The van der Waals surface area contributed by atoms with Gasteiger partial charge in [0.2, 0.25) is 0 Å². The third-order valence-corrected chi connectivity index (χ3v) is 3.48. The second-order valence-corrected chi connectivity index (χ2v) is 5.73. The van der Waals surface area contributed by atoms with Crippen molar-refractivity contribution in [3.05, 3.63) is 17.5 Å². The molecule has 0 saturated carbocycles. The van der Waals surface area contributed by atoms with Crippen LogP contribution in [0.25, 0.3) is 0 Å². The fourth-order valence-electron chi connectivity index (χ4n) is 2.19. The minimum absolute atomic E-state index is 0.540. The summed E-state index contributed by atoms with van der Waals surface area (Å²) in [6.07, 6.45) is 4.96. The van der Waals surface area contributed by atoms with Gasteiger partial charge in [-0.15, -0.1) is 0 Å². The first kappa shape index (κ1) is 17.2. The molecule has 1 N–H and O–H groups in total. The summed E-state index contributed by atoms with van der Waals surface area (Å²) in [7, 11) is 0. The van der Waals surface area contributed by atoms with Crippen LogP contribution in [-0.4, -0.2) is 29.2 Å². The van der Waals surface area contributed by atoms with Crippen LogP contribution in [0, 0.1) is 0 Å². The smallest absolute Gasteiger partial charge is 0.151 e. The number of nitrogens with one attached hydrogen (secondary N) is 1. The van der Waals surface area contributed by atoms with Gasteiger partial charge in [0.15, 0.2) is 5.76 Å². The lowest BCUT2D eigenvalue weighted by Crippen LogP contribution is -2.31. The molecule has 1 aromatic rings. The monoisotopic (exact) mass is 281 g/mol. The highest BCUT2D eigenvalue weighted by atomic mass is 16.5. The van der Waals surface area contributed by atoms with Gasteiger partial charge in [-0.3, -0.25) is 4.90 Å². The molecule has 0 aliphatic carbocycles. The lowest BCUT2D eigenvalue weighted by molar-refractivity contribution is 0.185. The number of hydrogen-bond donors (Lipinski definition) is 1. The highest BCUT2D eigenvalue weighted by Gasteiger charge is 2.13. The van der Waals surface area contributed by atoms with Crippen molar-refractivity contribution >= 4 is 0 Å². The maximum absolute atomic E-state index is 5.45. The van der Waals surface area contributed by atoms with Gasteiger partial charge in [0, 0.05) is 18.7 Å². The Morgan fingerprint density at radius 1 is 1.25 bits per heavy atom. The summed E-state index contributed by atoms with van der Waals surface area (Å²) in [5, 5.41) is 7.48. The summed E-state index contributed by atoms with van der Waals surface area (Å²) in [5.41, 5.74) is 1.01. The summed E-state index contributed by atoms with van der Waals surface area (Å²) in [5.74, 6) is 0.975. The SMILES string of the molecule is CCCCCN(Cc1cc(CNCCC)no1)C(C)C. The lowest BCUT2D eigenvalue weighted by Gasteiger charge is -2.24. The molecule has 20 heavy (non-hydrogen) atoms. The molecular weight excluding hydrogens is 250 g/mol. The maximum atomic E-state index is 5.45. The quantitative estimate of drug-likeness (QED) is 0.630. The van der Waals surface area contributed by atoms with E-state index in [1.165, 1.54) is 19.3 Å². The van der Waals surface area contributed by atoms with Crippen molar-refractivity contribution in [2.45, 2.75) is 72.5 Å². The lowest BCUT2D eigenvalue weighted by atomic mass is 10.2. The van der Waals surface area contributed by atoms with Gasteiger partial charge in [0.25, 0.3) is 0 Å². The van der Waals surface area contributed by atoms with E-state index < -0.39 is 0 Å². The van der Waals surface area contributed by atoms with Crippen molar-refractivity contribution in [3.63, 3.8) is 0 Å². The highest BCUT2D eigenvalue weighted by Crippen LogP contribution is 2.11. The Kier molecular flexibility index (Phi) is 8.54. The highest BCUT2D eigenvalue weighted by molar-refractivity contribution is 5.05. The Morgan fingerprint density at radius 2 is 2.05 bits per heavy atom. The van der Waals surface area contributed by atoms with E-state index in [0.29, 0.717) is 6.04 Å². The molecule has 0 amide bonds. The van der Waals surface area contributed by atoms with Crippen LogP contribution in [-0.2, 0) is 13.1 Å². The number of aromatic nitrogens is 1. The minimum Gasteiger partial charge on any atom is -0.360 e. The van der Waals surface area contributed by atoms with E-state index in [2.05, 4.69) is 49.1 Å². The van der Waals surface area contributed by atoms with E-state index >= 15 is 0 Å². The van der Waals surface area contributed by atoms with E-state index in [9.17, 15) is 0 Å². The molecule has 0 spiro atoms. The second kappa shape index (κ2) is 9.94. The zero-order chi connectivity index (χ0) is 14.8. The largest absolute Gasteiger partial charge is 0.360 e. The Bertz CT molecular complexity index is 349. The molecule has 0 aliphatic heterocycles. The summed E-state index contributed by atoms with van der Waals surface area (Å²) in [6.45, 7) is 12.7. The molecule has 1 heterocycles. The van der Waals surface area contributed by atoms with Crippen LogP contribution in [0.2, 0.25) is 0 Å².